The molecule has 0 heterocycles. The Labute approximate surface area is 156 Å². The van der Waals surface area contributed by atoms with E-state index < -0.39 is 0 Å². The van der Waals surface area contributed by atoms with Crippen LogP contribution in [0, 0.1) is 17.8 Å². The molecule has 2 atom stereocenters. The summed E-state index contributed by atoms with van der Waals surface area (Å²) in [5.74, 6) is 3.62. The zero-order chi connectivity index (χ0) is 17.6. The molecule has 0 N–H and O–H groups in total. The van der Waals surface area contributed by atoms with E-state index in [0.717, 1.165) is 23.7 Å². The van der Waals surface area contributed by atoms with Crippen molar-refractivity contribution in [2.24, 2.45) is 17.8 Å². The van der Waals surface area contributed by atoms with Crippen LogP contribution in [-0.4, -0.2) is 0 Å². The van der Waals surface area contributed by atoms with Gasteiger partial charge in [0.15, 0.2) is 0 Å². The lowest BCUT2D eigenvalue weighted by molar-refractivity contribution is 0.319. The Kier molecular flexibility index (Phi) is 6.79. The van der Waals surface area contributed by atoms with E-state index in [2.05, 4.69) is 51.1 Å². The fraction of sp³-hybridized carbons (Fsp3) is 0.680. The van der Waals surface area contributed by atoms with Crippen LogP contribution in [0.5, 0.6) is 0 Å². The highest BCUT2D eigenvalue weighted by Crippen LogP contribution is 2.38. The van der Waals surface area contributed by atoms with Crippen LogP contribution in [0.25, 0.3) is 5.57 Å². The third kappa shape index (κ3) is 4.99. The zero-order valence-electron chi connectivity index (χ0n) is 16.8. The molecule has 25 heavy (non-hydrogen) atoms. The summed E-state index contributed by atoms with van der Waals surface area (Å²) in [5.41, 5.74) is 4.67. The summed E-state index contributed by atoms with van der Waals surface area (Å²) in [7, 11) is 0. The topological polar surface area (TPSA) is 0 Å². The number of hydrogen-bond donors (Lipinski definition) is 0. The maximum absolute atomic E-state index is 2.54. The van der Waals surface area contributed by atoms with Gasteiger partial charge in [-0.25, -0.2) is 0 Å². The first-order chi connectivity index (χ1) is 12.2. The summed E-state index contributed by atoms with van der Waals surface area (Å²) in [4.78, 5) is 0. The molecule has 0 saturated heterocycles. The van der Waals surface area contributed by atoms with Crippen molar-refractivity contribution in [3.8, 4) is 0 Å². The minimum atomic E-state index is 0.817. The Morgan fingerprint density at radius 3 is 2.20 bits per heavy atom. The lowest BCUT2D eigenvalue weighted by Crippen LogP contribution is -2.12. The molecule has 0 nitrogen and oxygen atoms in total. The van der Waals surface area contributed by atoms with E-state index in [4.69, 9.17) is 0 Å². The van der Waals surface area contributed by atoms with Crippen LogP contribution >= 0.6 is 0 Å². The van der Waals surface area contributed by atoms with Crippen LogP contribution < -0.4 is 0 Å². The molecule has 1 aromatic carbocycles. The molecule has 2 aliphatic carbocycles. The molecule has 0 spiro atoms. The standard InChI is InChI=1S/C25H38/c1-4-19(3)18-21-8-12-23(13-9-21)25-16-14-24(15-17-25)22-10-6-20(5-2)7-11-22/h12,14-17,19-22H,4-11,13,18H2,1-3H3. The molecule has 138 valence electrons. The monoisotopic (exact) mass is 338 g/mol. The SMILES string of the molecule is CCC(C)CC1CC=C(c2ccc(C3CCC(CC)CC3)cc2)CC1. The van der Waals surface area contributed by atoms with Crippen molar-refractivity contribution in [1.82, 2.24) is 0 Å². The van der Waals surface area contributed by atoms with E-state index in [-0.39, 0.29) is 0 Å². The van der Waals surface area contributed by atoms with E-state index in [9.17, 15) is 0 Å². The van der Waals surface area contributed by atoms with Crippen molar-refractivity contribution in [3.63, 3.8) is 0 Å². The molecule has 1 saturated carbocycles. The summed E-state index contributed by atoms with van der Waals surface area (Å²) in [6, 6.07) is 9.67. The predicted molar refractivity (Wildman–Crippen MR) is 111 cm³/mol. The first-order valence-corrected chi connectivity index (χ1v) is 11.0. The minimum Gasteiger partial charge on any atom is -0.0804 e. The second kappa shape index (κ2) is 9.06. The van der Waals surface area contributed by atoms with Crippen molar-refractivity contribution in [2.75, 3.05) is 0 Å². The third-order valence-electron chi connectivity index (χ3n) is 7.13. The Morgan fingerprint density at radius 1 is 0.920 bits per heavy atom. The van der Waals surface area contributed by atoms with Gasteiger partial charge in [0.25, 0.3) is 0 Å². The second-order valence-electron chi connectivity index (χ2n) is 8.87. The highest BCUT2D eigenvalue weighted by atomic mass is 14.3. The average Bonchev–Trinajstić information content (AvgIpc) is 2.69. The molecule has 2 unspecified atom stereocenters. The Bertz CT molecular complexity index is 542. The van der Waals surface area contributed by atoms with Crippen LogP contribution in [0.4, 0.5) is 0 Å². The molecule has 3 rings (SSSR count). The summed E-state index contributed by atoms with van der Waals surface area (Å²) < 4.78 is 0. The highest BCUT2D eigenvalue weighted by Gasteiger charge is 2.22. The van der Waals surface area contributed by atoms with E-state index in [1.165, 1.54) is 69.8 Å². The molecule has 0 aromatic heterocycles. The number of allylic oxidation sites excluding steroid dienone is 2. The first-order valence-electron chi connectivity index (χ1n) is 11.0. The van der Waals surface area contributed by atoms with Crippen molar-refractivity contribution in [2.45, 2.75) is 90.9 Å². The fourth-order valence-corrected chi connectivity index (χ4v) is 4.97. The average molecular weight is 339 g/mol. The number of rotatable bonds is 6. The summed E-state index contributed by atoms with van der Waals surface area (Å²) >= 11 is 0. The van der Waals surface area contributed by atoms with Gasteiger partial charge in [-0.1, -0.05) is 64.0 Å². The fourth-order valence-electron chi connectivity index (χ4n) is 4.97. The van der Waals surface area contributed by atoms with Gasteiger partial charge >= 0.3 is 0 Å². The molecule has 0 aliphatic heterocycles. The minimum absolute atomic E-state index is 0.817. The predicted octanol–water partition coefficient (Wildman–Crippen LogP) is 7.99. The molecular weight excluding hydrogens is 300 g/mol. The summed E-state index contributed by atoms with van der Waals surface area (Å²) in [6.45, 7) is 7.09. The normalized spacial score (nSPS) is 28.4. The quantitative estimate of drug-likeness (QED) is 0.493. The maximum atomic E-state index is 2.54. The van der Waals surface area contributed by atoms with Crippen molar-refractivity contribution in [3.05, 3.63) is 41.5 Å². The Morgan fingerprint density at radius 2 is 1.64 bits per heavy atom. The molecule has 0 heteroatoms. The van der Waals surface area contributed by atoms with E-state index in [1.54, 1.807) is 11.1 Å². The molecule has 1 fully saturated rings. The van der Waals surface area contributed by atoms with Crippen molar-refractivity contribution in [1.29, 1.82) is 0 Å². The zero-order valence-corrected chi connectivity index (χ0v) is 16.8. The second-order valence-corrected chi connectivity index (χ2v) is 8.87. The van der Waals surface area contributed by atoms with Crippen LogP contribution in [0.2, 0.25) is 0 Å². The molecule has 2 aliphatic rings. The van der Waals surface area contributed by atoms with Crippen LogP contribution in [0.3, 0.4) is 0 Å². The van der Waals surface area contributed by atoms with Gasteiger partial charge in [-0.3, -0.25) is 0 Å². The van der Waals surface area contributed by atoms with Gasteiger partial charge in [0.2, 0.25) is 0 Å². The molecule has 0 radical (unpaired) electrons. The summed E-state index contributed by atoms with van der Waals surface area (Å²) in [6.07, 6.45) is 16.3. The largest absolute Gasteiger partial charge is 0.0804 e. The van der Waals surface area contributed by atoms with Gasteiger partial charge in [-0.2, -0.15) is 0 Å². The van der Waals surface area contributed by atoms with Gasteiger partial charge in [-0.05, 0) is 91.7 Å². The third-order valence-corrected chi connectivity index (χ3v) is 7.13. The number of hydrogen-bond acceptors (Lipinski definition) is 0. The number of benzene rings is 1. The Hall–Kier alpha value is -1.04. The first kappa shape index (κ1) is 18.7. The molecular formula is C25H38. The molecule has 0 bridgehead atoms. The highest BCUT2D eigenvalue weighted by molar-refractivity contribution is 5.66. The van der Waals surface area contributed by atoms with Gasteiger partial charge in [0.05, 0.1) is 0 Å². The maximum Gasteiger partial charge on any atom is -0.0162 e. The van der Waals surface area contributed by atoms with Gasteiger partial charge in [0, 0.05) is 0 Å². The Balaban J connectivity index is 1.56. The molecule has 0 amide bonds. The van der Waals surface area contributed by atoms with Crippen molar-refractivity contribution < 1.29 is 0 Å². The van der Waals surface area contributed by atoms with E-state index in [1.807, 2.05) is 0 Å². The van der Waals surface area contributed by atoms with E-state index >= 15 is 0 Å². The van der Waals surface area contributed by atoms with Crippen LogP contribution in [-0.2, 0) is 0 Å². The lowest BCUT2D eigenvalue weighted by Gasteiger charge is -2.28. The van der Waals surface area contributed by atoms with Crippen LogP contribution in [0.15, 0.2) is 30.3 Å². The molecule has 1 aromatic rings. The van der Waals surface area contributed by atoms with E-state index in [0.29, 0.717) is 0 Å². The summed E-state index contributed by atoms with van der Waals surface area (Å²) in [5, 5.41) is 0. The van der Waals surface area contributed by atoms with Gasteiger partial charge in [-0.15, -0.1) is 0 Å². The lowest BCUT2D eigenvalue weighted by atomic mass is 9.77. The smallest absolute Gasteiger partial charge is 0.0162 e. The van der Waals surface area contributed by atoms with Crippen molar-refractivity contribution >= 4 is 5.57 Å². The van der Waals surface area contributed by atoms with Crippen LogP contribution in [0.1, 0.15) is 102 Å². The van der Waals surface area contributed by atoms with Gasteiger partial charge in [0.1, 0.15) is 0 Å². The van der Waals surface area contributed by atoms with Gasteiger partial charge < -0.3 is 0 Å².